The van der Waals surface area contributed by atoms with Crippen molar-refractivity contribution in [3.63, 3.8) is 0 Å². The lowest BCUT2D eigenvalue weighted by Gasteiger charge is -2.22. The number of pyridine rings is 1. The van der Waals surface area contributed by atoms with Crippen LogP contribution in [0.1, 0.15) is 29.0 Å². The summed E-state index contributed by atoms with van der Waals surface area (Å²) in [6.07, 6.45) is 1.33. The van der Waals surface area contributed by atoms with Gasteiger partial charge in [0.2, 0.25) is 11.6 Å². The van der Waals surface area contributed by atoms with Crippen LogP contribution in [0.25, 0.3) is 21.3 Å². The molecule has 2 heterocycles. The molecule has 3 N–H and O–H groups in total. The molecule has 10 heteroatoms. The molecule has 0 saturated heterocycles. The maximum atomic E-state index is 13.7. The average molecular weight is 475 g/mol. The number of nitrogens with two attached hydrogens (primary N) is 1. The molecule has 2 aromatic heterocycles. The second-order valence-corrected chi connectivity index (χ2v) is 7.80. The summed E-state index contributed by atoms with van der Waals surface area (Å²) in [5.74, 6) is -0.279. The fourth-order valence-corrected chi connectivity index (χ4v) is 3.93. The Morgan fingerprint density at radius 1 is 1.26 bits per heavy atom. The number of esters is 1. The fourth-order valence-electron chi connectivity index (χ4n) is 3.67. The number of methoxy groups -OCH3 is 1. The van der Waals surface area contributed by atoms with E-state index in [1.807, 2.05) is 13.0 Å². The highest BCUT2D eigenvalue weighted by Crippen LogP contribution is 2.30. The van der Waals surface area contributed by atoms with Crippen LogP contribution in [0.3, 0.4) is 0 Å². The minimum Gasteiger partial charge on any atom is -0.465 e. The van der Waals surface area contributed by atoms with Gasteiger partial charge < -0.3 is 15.8 Å². The van der Waals surface area contributed by atoms with Gasteiger partial charge in [0.25, 0.3) is 5.56 Å². The zero-order chi connectivity index (χ0) is 24.4. The molecule has 0 fully saturated rings. The largest absolute Gasteiger partial charge is 0.465 e. The Morgan fingerprint density at radius 2 is 2.03 bits per heavy atom. The number of hydrogen-bond acceptors (Lipinski definition) is 7. The summed E-state index contributed by atoms with van der Waals surface area (Å²) in [6, 6.07) is 13.1. The summed E-state index contributed by atoms with van der Waals surface area (Å²) in [5, 5.41) is 4.46. The van der Waals surface area contributed by atoms with Crippen molar-refractivity contribution < 1.29 is 9.53 Å². The highest BCUT2D eigenvalue weighted by molar-refractivity contribution is 6.35. The quantitative estimate of drug-likeness (QED) is 0.322. The van der Waals surface area contributed by atoms with Gasteiger partial charge in [-0.2, -0.15) is 0 Å². The van der Waals surface area contributed by atoms with Gasteiger partial charge in [0.05, 0.1) is 35.7 Å². The molecule has 34 heavy (non-hydrogen) atoms. The van der Waals surface area contributed by atoms with E-state index >= 15 is 0 Å². The van der Waals surface area contributed by atoms with Crippen LogP contribution in [0.4, 0.5) is 17.5 Å². The Kier molecular flexibility index (Phi) is 6.17. The molecule has 4 rings (SSSR count). The highest BCUT2D eigenvalue weighted by Gasteiger charge is 2.20. The van der Waals surface area contributed by atoms with Gasteiger partial charge in [0, 0.05) is 17.6 Å². The molecule has 9 nitrogen and oxygen atoms in total. The highest BCUT2D eigenvalue weighted by atomic mass is 35.5. The van der Waals surface area contributed by atoms with E-state index in [9.17, 15) is 9.59 Å². The van der Waals surface area contributed by atoms with E-state index in [4.69, 9.17) is 28.6 Å². The normalized spacial score (nSPS) is 11.6. The smallest absolute Gasteiger partial charge is 0.337 e. The Morgan fingerprint density at radius 3 is 2.76 bits per heavy atom. The van der Waals surface area contributed by atoms with Gasteiger partial charge in [0.1, 0.15) is 5.82 Å². The van der Waals surface area contributed by atoms with Gasteiger partial charge in [0.15, 0.2) is 0 Å². The van der Waals surface area contributed by atoms with Gasteiger partial charge >= 0.3 is 5.97 Å². The summed E-state index contributed by atoms with van der Waals surface area (Å²) in [6.45, 7) is 9.20. The lowest BCUT2D eigenvalue weighted by Crippen LogP contribution is -2.26. The van der Waals surface area contributed by atoms with Gasteiger partial charge in [-0.3, -0.25) is 9.36 Å². The Labute approximate surface area is 199 Å². The first kappa shape index (κ1) is 22.8. The number of aromatic nitrogens is 3. The zero-order valence-corrected chi connectivity index (χ0v) is 19.0. The average Bonchev–Trinajstić information content (AvgIpc) is 2.83. The lowest BCUT2D eigenvalue weighted by molar-refractivity contribution is 0.0600. The molecule has 4 aromatic rings. The van der Waals surface area contributed by atoms with Gasteiger partial charge in [-0.15, -0.1) is 0 Å². The third kappa shape index (κ3) is 4.14. The SMILES string of the molecule is [C-]#[N+]c1cnc(N)nc1N[C@@H](C)c1cc2cccc(Cl)c2c(=O)n1-c1cccc(C(=O)OC)c1. The van der Waals surface area contributed by atoms with Crippen LogP contribution in [0, 0.1) is 6.57 Å². The number of carbonyl (C=O) groups excluding carboxylic acids is 1. The summed E-state index contributed by atoms with van der Waals surface area (Å²) in [7, 11) is 1.29. The number of ether oxygens (including phenoxy) is 1. The third-order valence-electron chi connectivity index (χ3n) is 5.26. The molecule has 170 valence electrons. The number of hydrogen-bond donors (Lipinski definition) is 2. The molecule has 0 aliphatic rings. The molecule has 0 radical (unpaired) electrons. The Bertz CT molecular complexity index is 1530. The molecule has 0 aliphatic carbocycles. The number of benzene rings is 2. The maximum absolute atomic E-state index is 13.7. The van der Waals surface area contributed by atoms with E-state index in [-0.39, 0.29) is 28.6 Å². The summed E-state index contributed by atoms with van der Waals surface area (Å²) in [4.78, 5) is 37.2. The number of nitrogens with zero attached hydrogens (tertiary/aromatic N) is 4. The monoisotopic (exact) mass is 474 g/mol. The van der Waals surface area contributed by atoms with Crippen LogP contribution in [0.15, 0.2) is 59.5 Å². The predicted molar refractivity (Wildman–Crippen MR) is 131 cm³/mol. The van der Waals surface area contributed by atoms with Crippen molar-refractivity contribution in [2.75, 3.05) is 18.2 Å². The number of anilines is 2. The molecule has 2 aromatic carbocycles. The lowest BCUT2D eigenvalue weighted by atomic mass is 10.1. The number of halogens is 1. The van der Waals surface area contributed by atoms with Crippen LogP contribution >= 0.6 is 11.6 Å². The molecule has 0 aliphatic heterocycles. The summed E-state index contributed by atoms with van der Waals surface area (Å²) >= 11 is 6.38. The standard InChI is InChI=1S/C24H19ClN6O3/c1-13(29-21-18(27-2)12-28-24(26)30-21)19-11-14-6-5-9-17(25)20(14)22(32)31(19)16-8-4-7-15(10-16)23(33)34-3/h4-13H,1,3H3,(H3,26,28,29,30)/t13-/m0/s1. The number of rotatable bonds is 5. The van der Waals surface area contributed by atoms with Crippen molar-refractivity contribution >= 4 is 45.8 Å². The molecule has 0 spiro atoms. The minimum atomic E-state index is -0.528. The van der Waals surface area contributed by atoms with Crippen molar-refractivity contribution in [1.29, 1.82) is 0 Å². The Hall–Kier alpha value is -4.42. The second kappa shape index (κ2) is 9.21. The number of fused-ring (bicyclic) bond motifs is 1. The Balaban J connectivity index is 1.95. The summed E-state index contributed by atoms with van der Waals surface area (Å²) < 4.78 is 6.30. The van der Waals surface area contributed by atoms with E-state index in [0.717, 1.165) is 0 Å². The van der Waals surface area contributed by atoms with Crippen LogP contribution in [-0.2, 0) is 4.74 Å². The van der Waals surface area contributed by atoms with Crippen molar-refractivity contribution in [2.45, 2.75) is 13.0 Å². The van der Waals surface area contributed by atoms with E-state index in [0.29, 0.717) is 27.2 Å². The zero-order valence-electron chi connectivity index (χ0n) is 18.2. The number of nitrogens with one attached hydrogen (secondary N) is 1. The van der Waals surface area contributed by atoms with Crippen molar-refractivity contribution in [1.82, 2.24) is 14.5 Å². The summed E-state index contributed by atoms with van der Waals surface area (Å²) in [5.41, 5.74) is 6.83. The minimum absolute atomic E-state index is 0.00978. The van der Waals surface area contributed by atoms with Crippen molar-refractivity contribution in [2.24, 2.45) is 0 Å². The van der Waals surface area contributed by atoms with Crippen LogP contribution < -0.4 is 16.6 Å². The number of carbonyl (C=O) groups is 1. The third-order valence-corrected chi connectivity index (χ3v) is 5.57. The van der Waals surface area contributed by atoms with Crippen molar-refractivity contribution in [3.05, 3.63) is 92.8 Å². The van der Waals surface area contributed by atoms with Crippen molar-refractivity contribution in [3.8, 4) is 5.69 Å². The molecule has 0 amide bonds. The molecular formula is C24H19ClN6O3. The predicted octanol–water partition coefficient (Wildman–Crippen LogP) is 4.53. The topological polar surface area (TPSA) is 116 Å². The first-order chi connectivity index (χ1) is 16.3. The maximum Gasteiger partial charge on any atom is 0.337 e. The van der Waals surface area contributed by atoms with Crippen LogP contribution in [0.5, 0.6) is 0 Å². The van der Waals surface area contributed by atoms with Gasteiger partial charge in [-0.25, -0.2) is 19.6 Å². The van der Waals surface area contributed by atoms with E-state index < -0.39 is 12.0 Å². The fraction of sp³-hybridized carbons (Fsp3) is 0.125. The second-order valence-electron chi connectivity index (χ2n) is 7.40. The molecule has 1 atom stereocenters. The van der Waals surface area contributed by atoms with Crippen LogP contribution in [-0.4, -0.2) is 27.6 Å². The van der Waals surface area contributed by atoms with Gasteiger partial charge in [-0.1, -0.05) is 29.8 Å². The first-order valence-electron chi connectivity index (χ1n) is 10.1. The van der Waals surface area contributed by atoms with E-state index in [2.05, 4.69) is 20.1 Å². The van der Waals surface area contributed by atoms with E-state index in [1.165, 1.54) is 17.9 Å². The number of nitrogen functional groups attached to an aromatic ring is 1. The molecule has 0 unspecified atom stereocenters. The molecule has 0 bridgehead atoms. The van der Waals surface area contributed by atoms with Gasteiger partial charge in [-0.05, 0) is 42.6 Å². The van der Waals surface area contributed by atoms with E-state index in [1.54, 1.807) is 42.5 Å². The van der Waals surface area contributed by atoms with Crippen LogP contribution in [0.2, 0.25) is 5.02 Å². The molecular weight excluding hydrogens is 456 g/mol. The molecule has 0 saturated carbocycles. The first-order valence-corrected chi connectivity index (χ1v) is 10.5.